The number of nitrogens with one attached hydrogen (secondary N) is 2. The minimum absolute atomic E-state index is 0.00572. The average molecular weight is 414 g/mol. The Balaban J connectivity index is 2.00. The predicted molar refractivity (Wildman–Crippen MR) is 100 cm³/mol. The standard InChI is InChI=1S/C17H19FN2O5S2/c1-2-26(22,23)12-11-19-17(21)13-3-7-15(8-4-13)20-27(24,25)16-9-5-14(18)6-10-16/h3-10,20H,2,11-12H2,1H3,(H,19,21). The van der Waals surface area contributed by atoms with Gasteiger partial charge < -0.3 is 5.32 Å². The van der Waals surface area contributed by atoms with Crippen LogP contribution in [0.2, 0.25) is 0 Å². The number of amides is 1. The fraction of sp³-hybridized carbons (Fsp3) is 0.235. The van der Waals surface area contributed by atoms with E-state index in [1.165, 1.54) is 31.2 Å². The Morgan fingerprint density at radius 1 is 0.963 bits per heavy atom. The van der Waals surface area contributed by atoms with Gasteiger partial charge in [-0.2, -0.15) is 0 Å². The molecule has 2 aromatic carbocycles. The van der Waals surface area contributed by atoms with Crippen molar-refractivity contribution in [2.75, 3.05) is 22.8 Å². The van der Waals surface area contributed by atoms with E-state index in [4.69, 9.17) is 0 Å². The third kappa shape index (κ3) is 6.04. The third-order valence-corrected chi connectivity index (χ3v) is 6.76. The van der Waals surface area contributed by atoms with Gasteiger partial charge in [0.05, 0.1) is 10.6 Å². The van der Waals surface area contributed by atoms with Crippen LogP contribution in [-0.4, -0.2) is 40.8 Å². The van der Waals surface area contributed by atoms with Crippen LogP contribution in [0.3, 0.4) is 0 Å². The van der Waals surface area contributed by atoms with E-state index >= 15 is 0 Å². The molecule has 0 saturated carbocycles. The molecule has 0 spiro atoms. The molecular weight excluding hydrogens is 395 g/mol. The third-order valence-electron chi connectivity index (χ3n) is 3.66. The van der Waals surface area contributed by atoms with Crippen molar-refractivity contribution in [2.24, 2.45) is 0 Å². The molecule has 0 bridgehead atoms. The summed E-state index contributed by atoms with van der Waals surface area (Å²) in [5.74, 6) is -1.15. The maximum absolute atomic E-state index is 12.9. The number of sulfonamides is 1. The quantitative estimate of drug-likeness (QED) is 0.684. The van der Waals surface area contributed by atoms with Gasteiger partial charge in [-0.15, -0.1) is 0 Å². The minimum atomic E-state index is -3.88. The number of halogens is 1. The van der Waals surface area contributed by atoms with Gasteiger partial charge >= 0.3 is 0 Å². The number of rotatable bonds is 8. The van der Waals surface area contributed by atoms with Crippen LogP contribution in [0.25, 0.3) is 0 Å². The molecule has 2 aromatic rings. The van der Waals surface area contributed by atoms with E-state index in [2.05, 4.69) is 10.0 Å². The van der Waals surface area contributed by atoms with Gasteiger partial charge in [0.2, 0.25) is 0 Å². The van der Waals surface area contributed by atoms with Gasteiger partial charge in [-0.1, -0.05) is 6.92 Å². The van der Waals surface area contributed by atoms with Crippen LogP contribution in [0, 0.1) is 5.82 Å². The lowest BCUT2D eigenvalue weighted by molar-refractivity contribution is 0.0956. The smallest absolute Gasteiger partial charge is 0.261 e. The van der Waals surface area contributed by atoms with Crippen molar-refractivity contribution in [1.82, 2.24) is 5.32 Å². The summed E-state index contributed by atoms with van der Waals surface area (Å²) < 4.78 is 62.5. The Bertz CT molecular complexity index is 1000. The van der Waals surface area contributed by atoms with Crippen LogP contribution in [0.1, 0.15) is 17.3 Å². The summed E-state index contributed by atoms with van der Waals surface area (Å²) in [7, 11) is -7.05. The Kier molecular flexibility index (Phi) is 6.55. The average Bonchev–Trinajstić information content (AvgIpc) is 2.62. The Hall–Kier alpha value is -2.46. The zero-order valence-electron chi connectivity index (χ0n) is 14.5. The molecule has 0 aliphatic heterocycles. The summed E-state index contributed by atoms with van der Waals surface area (Å²) in [6, 6.07) is 9.99. The molecule has 2 rings (SSSR count). The van der Waals surface area contributed by atoms with Gasteiger partial charge in [-0.3, -0.25) is 9.52 Å². The van der Waals surface area contributed by atoms with E-state index in [1.54, 1.807) is 0 Å². The van der Waals surface area contributed by atoms with Crippen LogP contribution in [-0.2, 0) is 19.9 Å². The second kappa shape index (κ2) is 8.49. The van der Waals surface area contributed by atoms with Gasteiger partial charge in [0, 0.05) is 23.5 Å². The maximum atomic E-state index is 12.9. The predicted octanol–water partition coefficient (Wildman–Crippen LogP) is 1.79. The van der Waals surface area contributed by atoms with Crippen molar-refractivity contribution >= 4 is 31.5 Å². The first-order valence-electron chi connectivity index (χ1n) is 8.00. The van der Waals surface area contributed by atoms with Gasteiger partial charge in [0.15, 0.2) is 9.84 Å². The fourth-order valence-electron chi connectivity index (χ4n) is 2.08. The highest BCUT2D eigenvalue weighted by molar-refractivity contribution is 7.92. The molecule has 0 saturated heterocycles. The van der Waals surface area contributed by atoms with Crippen LogP contribution in [0.5, 0.6) is 0 Å². The highest BCUT2D eigenvalue weighted by atomic mass is 32.2. The number of carbonyl (C=O) groups excluding carboxylic acids is 1. The highest BCUT2D eigenvalue weighted by Gasteiger charge is 2.15. The molecule has 0 aliphatic carbocycles. The monoisotopic (exact) mass is 414 g/mol. The lowest BCUT2D eigenvalue weighted by Gasteiger charge is -2.09. The molecular formula is C17H19FN2O5S2. The van der Waals surface area contributed by atoms with Crippen LogP contribution in [0.4, 0.5) is 10.1 Å². The lowest BCUT2D eigenvalue weighted by Crippen LogP contribution is -2.29. The number of sulfone groups is 1. The van der Waals surface area contributed by atoms with E-state index < -0.39 is 31.6 Å². The Morgan fingerprint density at radius 2 is 1.56 bits per heavy atom. The molecule has 7 nitrogen and oxygen atoms in total. The van der Waals surface area contributed by atoms with Crippen molar-refractivity contribution in [1.29, 1.82) is 0 Å². The van der Waals surface area contributed by atoms with E-state index in [0.717, 1.165) is 24.3 Å². The van der Waals surface area contributed by atoms with E-state index in [-0.39, 0.29) is 34.2 Å². The minimum Gasteiger partial charge on any atom is -0.351 e. The zero-order chi connectivity index (χ0) is 20.1. The van der Waals surface area contributed by atoms with Crippen molar-refractivity contribution in [3.8, 4) is 0 Å². The summed E-state index contributed by atoms with van der Waals surface area (Å²) in [4.78, 5) is 11.9. The summed E-state index contributed by atoms with van der Waals surface area (Å²) in [6.07, 6.45) is 0. The molecule has 0 heterocycles. The Morgan fingerprint density at radius 3 is 2.11 bits per heavy atom. The number of hydrogen-bond donors (Lipinski definition) is 2. The molecule has 2 N–H and O–H groups in total. The van der Waals surface area contributed by atoms with Crippen LogP contribution >= 0.6 is 0 Å². The normalized spacial score (nSPS) is 11.8. The molecule has 0 fully saturated rings. The SMILES string of the molecule is CCS(=O)(=O)CCNC(=O)c1ccc(NS(=O)(=O)c2ccc(F)cc2)cc1. The summed E-state index contributed by atoms with van der Waals surface area (Å²) in [5, 5.41) is 2.50. The van der Waals surface area contributed by atoms with Crippen molar-refractivity contribution in [2.45, 2.75) is 11.8 Å². The molecule has 0 atom stereocenters. The zero-order valence-corrected chi connectivity index (χ0v) is 16.1. The molecule has 27 heavy (non-hydrogen) atoms. The molecule has 0 aliphatic rings. The van der Waals surface area contributed by atoms with Crippen LogP contribution < -0.4 is 10.0 Å². The highest BCUT2D eigenvalue weighted by Crippen LogP contribution is 2.17. The number of benzene rings is 2. The topological polar surface area (TPSA) is 109 Å². The summed E-state index contributed by atoms with van der Waals surface area (Å²) in [5.41, 5.74) is 0.484. The molecule has 0 radical (unpaired) electrons. The molecule has 10 heteroatoms. The first kappa shape index (κ1) is 20.8. The van der Waals surface area contributed by atoms with Crippen molar-refractivity contribution in [3.63, 3.8) is 0 Å². The van der Waals surface area contributed by atoms with Crippen molar-refractivity contribution in [3.05, 3.63) is 59.9 Å². The van der Waals surface area contributed by atoms with Gasteiger partial charge in [-0.05, 0) is 48.5 Å². The molecule has 1 amide bonds. The van der Waals surface area contributed by atoms with E-state index in [0.29, 0.717) is 0 Å². The Labute approximate surface area is 157 Å². The van der Waals surface area contributed by atoms with Gasteiger partial charge in [0.1, 0.15) is 5.82 Å². The second-order valence-corrected chi connectivity index (χ2v) is 9.78. The molecule has 0 unspecified atom stereocenters. The fourth-order valence-corrected chi connectivity index (χ4v) is 3.84. The van der Waals surface area contributed by atoms with Gasteiger partial charge in [0.25, 0.3) is 15.9 Å². The van der Waals surface area contributed by atoms with E-state index in [9.17, 15) is 26.0 Å². The van der Waals surface area contributed by atoms with E-state index in [1.807, 2.05) is 0 Å². The second-order valence-electron chi connectivity index (χ2n) is 5.63. The molecule has 0 aromatic heterocycles. The first-order valence-corrected chi connectivity index (χ1v) is 11.3. The summed E-state index contributed by atoms with van der Waals surface area (Å²) in [6.45, 7) is 1.52. The van der Waals surface area contributed by atoms with Crippen LogP contribution in [0.15, 0.2) is 53.4 Å². The first-order chi connectivity index (χ1) is 12.6. The largest absolute Gasteiger partial charge is 0.351 e. The number of anilines is 1. The lowest BCUT2D eigenvalue weighted by atomic mass is 10.2. The number of carbonyl (C=O) groups is 1. The number of hydrogen-bond acceptors (Lipinski definition) is 5. The molecule has 146 valence electrons. The maximum Gasteiger partial charge on any atom is 0.261 e. The van der Waals surface area contributed by atoms with Crippen molar-refractivity contribution < 1.29 is 26.0 Å². The summed E-state index contributed by atoms with van der Waals surface area (Å²) >= 11 is 0. The van der Waals surface area contributed by atoms with Gasteiger partial charge in [-0.25, -0.2) is 21.2 Å².